The molecule has 0 aliphatic carbocycles. The van der Waals surface area contributed by atoms with Crippen molar-refractivity contribution in [2.75, 3.05) is 30.0 Å². The average Bonchev–Trinajstić information content (AvgIpc) is 2.47. The molecule has 1 saturated heterocycles. The predicted octanol–water partition coefficient (Wildman–Crippen LogP) is 1.25. The second-order valence-corrected chi connectivity index (χ2v) is 4.78. The lowest BCUT2D eigenvalue weighted by Crippen LogP contribution is -2.43. The highest BCUT2D eigenvalue weighted by Gasteiger charge is 2.23. The van der Waals surface area contributed by atoms with E-state index in [0.717, 1.165) is 49.7 Å². The van der Waals surface area contributed by atoms with E-state index >= 15 is 0 Å². The molecule has 0 amide bonds. The highest BCUT2D eigenvalue weighted by atomic mass is 16.5. The van der Waals surface area contributed by atoms with Crippen molar-refractivity contribution in [3.63, 3.8) is 0 Å². The number of rotatable bonds is 4. The minimum Gasteiger partial charge on any atom is -0.375 e. The number of hydrazine groups is 1. The van der Waals surface area contributed by atoms with Crippen molar-refractivity contribution in [2.45, 2.75) is 39.7 Å². The first-order chi connectivity index (χ1) is 9.19. The van der Waals surface area contributed by atoms with Crippen molar-refractivity contribution in [3.8, 4) is 0 Å². The second-order valence-electron chi connectivity index (χ2n) is 4.78. The normalized spacial score (nSPS) is 19.6. The van der Waals surface area contributed by atoms with Crippen molar-refractivity contribution in [1.82, 2.24) is 9.97 Å². The Morgan fingerprint density at radius 1 is 1.42 bits per heavy atom. The lowest BCUT2D eigenvalue weighted by atomic mass is 10.2. The third kappa shape index (κ3) is 2.96. The van der Waals surface area contributed by atoms with Crippen LogP contribution in [-0.4, -0.2) is 35.8 Å². The molecule has 0 spiro atoms. The summed E-state index contributed by atoms with van der Waals surface area (Å²) in [4.78, 5) is 11.3. The van der Waals surface area contributed by atoms with E-state index in [1.165, 1.54) is 0 Å². The standard InChI is InChI=1S/C13H23N5O/c1-4-10-8-18(6-7-19-10)13-9(3)12(17-14)15-11(5-2)16-13/h10H,4-8,14H2,1-3H3,(H,15,16,17). The first-order valence-electron chi connectivity index (χ1n) is 6.90. The molecule has 1 aliphatic heterocycles. The summed E-state index contributed by atoms with van der Waals surface area (Å²) in [6.07, 6.45) is 2.09. The second kappa shape index (κ2) is 6.16. The van der Waals surface area contributed by atoms with Crippen LogP contribution in [0.1, 0.15) is 31.7 Å². The Morgan fingerprint density at radius 2 is 2.21 bits per heavy atom. The third-order valence-electron chi connectivity index (χ3n) is 3.51. The molecule has 106 valence electrons. The first-order valence-corrected chi connectivity index (χ1v) is 6.90. The molecule has 2 rings (SSSR count). The van der Waals surface area contributed by atoms with Gasteiger partial charge in [0.1, 0.15) is 17.5 Å². The molecule has 3 N–H and O–H groups in total. The van der Waals surface area contributed by atoms with Gasteiger partial charge in [-0.15, -0.1) is 0 Å². The van der Waals surface area contributed by atoms with Crippen LogP contribution in [0.5, 0.6) is 0 Å². The predicted molar refractivity (Wildman–Crippen MR) is 76.2 cm³/mol. The van der Waals surface area contributed by atoms with Gasteiger partial charge < -0.3 is 15.1 Å². The van der Waals surface area contributed by atoms with E-state index in [1.807, 2.05) is 13.8 Å². The Hall–Kier alpha value is -1.40. The van der Waals surface area contributed by atoms with Crippen LogP contribution < -0.4 is 16.2 Å². The number of anilines is 2. The number of nitrogen functional groups attached to an aromatic ring is 1. The Balaban J connectivity index is 2.32. The summed E-state index contributed by atoms with van der Waals surface area (Å²) >= 11 is 0. The Bertz CT molecular complexity index is 437. The lowest BCUT2D eigenvalue weighted by molar-refractivity contribution is 0.0381. The van der Waals surface area contributed by atoms with Gasteiger partial charge >= 0.3 is 0 Å². The zero-order valence-electron chi connectivity index (χ0n) is 11.9. The van der Waals surface area contributed by atoms with Crippen LogP contribution in [0.4, 0.5) is 11.6 Å². The van der Waals surface area contributed by atoms with Crippen LogP contribution in [0.15, 0.2) is 0 Å². The molecule has 0 saturated carbocycles. The molecule has 6 heteroatoms. The SMILES string of the molecule is CCc1nc(NN)c(C)c(N2CCOC(CC)C2)n1. The number of nitrogens with one attached hydrogen (secondary N) is 1. The van der Waals surface area contributed by atoms with E-state index in [0.29, 0.717) is 5.82 Å². The van der Waals surface area contributed by atoms with Gasteiger partial charge in [0.25, 0.3) is 0 Å². The van der Waals surface area contributed by atoms with Crippen molar-refractivity contribution >= 4 is 11.6 Å². The summed E-state index contributed by atoms with van der Waals surface area (Å²) < 4.78 is 5.71. The molecule has 1 unspecified atom stereocenters. The first kappa shape index (κ1) is 14.0. The fourth-order valence-electron chi connectivity index (χ4n) is 2.32. The monoisotopic (exact) mass is 265 g/mol. The van der Waals surface area contributed by atoms with E-state index in [2.05, 4.69) is 27.2 Å². The van der Waals surface area contributed by atoms with Gasteiger partial charge in [0.2, 0.25) is 0 Å². The number of hydrogen-bond acceptors (Lipinski definition) is 6. The number of nitrogens with zero attached hydrogens (tertiary/aromatic N) is 3. The number of ether oxygens (including phenoxy) is 1. The van der Waals surface area contributed by atoms with Gasteiger partial charge in [0.15, 0.2) is 0 Å². The van der Waals surface area contributed by atoms with Gasteiger partial charge in [-0.1, -0.05) is 13.8 Å². The molecule has 0 radical (unpaired) electrons. The maximum absolute atomic E-state index is 5.71. The molecular weight excluding hydrogens is 242 g/mol. The maximum atomic E-state index is 5.71. The summed E-state index contributed by atoms with van der Waals surface area (Å²) in [5.41, 5.74) is 3.66. The van der Waals surface area contributed by atoms with Gasteiger partial charge in [0, 0.05) is 25.1 Å². The van der Waals surface area contributed by atoms with Crippen molar-refractivity contribution in [2.24, 2.45) is 5.84 Å². The molecule has 1 atom stereocenters. The Morgan fingerprint density at radius 3 is 2.84 bits per heavy atom. The molecule has 6 nitrogen and oxygen atoms in total. The molecule has 0 aromatic carbocycles. The molecule has 2 heterocycles. The molecule has 1 aromatic heterocycles. The fraction of sp³-hybridized carbons (Fsp3) is 0.692. The lowest BCUT2D eigenvalue weighted by Gasteiger charge is -2.34. The molecule has 1 aromatic rings. The van der Waals surface area contributed by atoms with Crippen LogP contribution >= 0.6 is 0 Å². The topological polar surface area (TPSA) is 76.3 Å². The van der Waals surface area contributed by atoms with Crippen LogP contribution in [-0.2, 0) is 11.2 Å². The molecule has 0 bridgehead atoms. The summed E-state index contributed by atoms with van der Waals surface area (Å²) in [5.74, 6) is 8.04. The number of hydrogen-bond donors (Lipinski definition) is 2. The van der Waals surface area contributed by atoms with E-state index in [-0.39, 0.29) is 6.10 Å². The maximum Gasteiger partial charge on any atom is 0.148 e. The van der Waals surface area contributed by atoms with Crippen LogP contribution in [0.2, 0.25) is 0 Å². The number of aryl methyl sites for hydroxylation is 1. The molecule has 19 heavy (non-hydrogen) atoms. The van der Waals surface area contributed by atoms with Gasteiger partial charge in [-0.25, -0.2) is 15.8 Å². The summed E-state index contributed by atoms with van der Waals surface area (Å²) in [5, 5.41) is 0. The third-order valence-corrected chi connectivity index (χ3v) is 3.51. The van der Waals surface area contributed by atoms with Crippen molar-refractivity contribution < 1.29 is 4.74 Å². The van der Waals surface area contributed by atoms with E-state index < -0.39 is 0 Å². The minimum absolute atomic E-state index is 0.280. The Labute approximate surface area is 114 Å². The number of morpholine rings is 1. The quantitative estimate of drug-likeness (QED) is 0.630. The van der Waals surface area contributed by atoms with E-state index in [9.17, 15) is 0 Å². The zero-order valence-corrected chi connectivity index (χ0v) is 11.9. The summed E-state index contributed by atoms with van der Waals surface area (Å²) in [6.45, 7) is 8.67. The number of aromatic nitrogens is 2. The summed E-state index contributed by atoms with van der Waals surface area (Å²) in [7, 11) is 0. The molecule has 1 aliphatic rings. The fourth-order valence-corrected chi connectivity index (χ4v) is 2.32. The highest BCUT2D eigenvalue weighted by molar-refractivity contribution is 5.58. The highest BCUT2D eigenvalue weighted by Crippen LogP contribution is 2.25. The number of nitrogens with two attached hydrogens (primary N) is 1. The van der Waals surface area contributed by atoms with Gasteiger partial charge in [-0.2, -0.15) is 0 Å². The zero-order chi connectivity index (χ0) is 13.8. The smallest absolute Gasteiger partial charge is 0.148 e. The largest absolute Gasteiger partial charge is 0.375 e. The minimum atomic E-state index is 0.280. The van der Waals surface area contributed by atoms with E-state index in [1.54, 1.807) is 0 Å². The average molecular weight is 265 g/mol. The van der Waals surface area contributed by atoms with Crippen LogP contribution in [0, 0.1) is 6.92 Å². The van der Waals surface area contributed by atoms with Gasteiger partial charge in [-0.05, 0) is 13.3 Å². The summed E-state index contributed by atoms with van der Waals surface area (Å²) in [6, 6.07) is 0. The molecule has 1 fully saturated rings. The van der Waals surface area contributed by atoms with Gasteiger partial charge in [0.05, 0.1) is 12.7 Å². The van der Waals surface area contributed by atoms with E-state index in [4.69, 9.17) is 10.6 Å². The van der Waals surface area contributed by atoms with Crippen molar-refractivity contribution in [1.29, 1.82) is 0 Å². The van der Waals surface area contributed by atoms with Gasteiger partial charge in [-0.3, -0.25) is 0 Å². The van der Waals surface area contributed by atoms with Crippen LogP contribution in [0.3, 0.4) is 0 Å². The van der Waals surface area contributed by atoms with Crippen molar-refractivity contribution in [3.05, 3.63) is 11.4 Å². The molecular formula is C13H23N5O. The Kier molecular flexibility index (Phi) is 4.55. The van der Waals surface area contributed by atoms with Crippen LogP contribution in [0.25, 0.3) is 0 Å².